The highest BCUT2D eigenvalue weighted by Gasteiger charge is 2.10. The van der Waals surface area contributed by atoms with E-state index >= 15 is 0 Å². The lowest BCUT2D eigenvalue weighted by atomic mass is 10.1. The summed E-state index contributed by atoms with van der Waals surface area (Å²) in [5, 5.41) is 14.6. The van der Waals surface area contributed by atoms with E-state index in [4.69, 9.17) is 9.47 Å². The number of nitriles is 1. The predicted octanol–water partition coefficient (Wildman–Crippen LogP) is 4.40. The van der Waals surface area contributed by atoms with E-state index in [1.54, 1.807) is 48.5 Å². The second-order valence-electron chi connectivity index (χ2n) is 6.74. The van der Waals surface area contributed by atoms with E-state index in [1.807, 2.05) is 6.07 Å². The first kappa shape index (κ1) is 23.0. The van der Waals surface area contributed by atoms with Gasteiger partial charge < -0.3 is 20.1 Å². The first-order valence-corrected chi connectivity index (χ1v) is 9.83. The molecule has 0 unspecified atom stereocenters. The van der Waals surface area contributed by atoms with Crippen molar-refractivity contribution in [3.8, 4) is 17.6 Å². The summed E-state index contributed by atoms with van der Waals surface area (Å²) in [6, 6.07) is 20.6. The number of carbonyl (C=O) groups excluding carboxylic acids is 2. The quantitative estimate of drug-likeness (QED) is 0.395. The molecule has 0 bridgehead atoms. The Balaban J connectivity index is 1.57. The number of halogens is 1. The van der Waals surface area contributed by atoms with Crippen LogP contribution >= 0.6 is 0 Å². The fourth-order valence-corrected chi connectivity index (χ4v) is 2.79. The molecule has 0 aliphatic carbocycles. The smallest absolute Gasteiger partial charge is 0.266 e. The van der Waals surface area contributed by atoms with Gasteiger partial charge in [0.05, 0.1) is 12.8 Å². The molecule has 8 heteroatoms. The molecule has 0 aromatic heterocycles. The van der Waals surface area contributed by atoms with Gasteiger partial charge in [0.15, 0.2) is 6.61 Å². The molecular weight excluding hydrogens is 425 g/mol. The maximum atomic E-state index is 13.0. The van der Waals surface area contributed by atoms with E-state index in [-0.39, 0.29) is 18.1 Å². The van der Waals surface area contributed by atoms with Crippen LogP contribution in [0.1, 0.15) is 5.56 Å². The first-order chi connectivity index (χ1) is 16.0. The molecular formula is C25H20FN3O4. The second-order valence-corrected chi connectivity index (χ2v) is 6.74. The number of hydrogen-bond donors (Lipinski definition) is 2. The van der Waals surface area contributed by atoms with Crippen molar-refractivity contribution in [1.82, 2.24) is 0 Å². The monoisotopic (exact) mass is 445 g/mol. The van der Waals surface area contributed by atoms with Crippen LogP contribution in [0.3, 0.4) is 0 Å². The van der Waals surface area contributed by atoms with Crippen LogP contribution in [0, 0.1) is 17.1 Å². The average Bonchev–Trinajstić information content (AvgIpc) is 2.83. The van der Waals surface area contributed by atoms with Crippen LogP contribution in [0.2, 0.25) is 0 Å². The van der Waals surface area contributed by atoms with Crippen LogP contribution in [-0.4, -0.2) is 25.5 Å². The summed E-state index contributed by atoms with van der Waals surface area (Å²) in [5.74, 6) is -0.413. The summed E-state index contributed by atoms with van der Waals surface area (Å²) in [7, 11) is 1.52. The highest BCUT2D eigenvalue weighted by atomic mass is 19.1. The van der Waals surface area contributed by atoms with Gasteiger partial charge >= 0.3 is 0 Å². The summed E-state index contributed by atoms with van der Waals surface area (Å²) < 4.78 is 23.7. The van der Waals surface area contributed by atoms with Gasteiger partial charge in [0.25, 0.3) is 11.8 Å². The fraction of sp³-hybridized carbons (Fsp3) is 0.0800. The van der Waals surface area contributed by atoms with Crippen LogP contribution < -0.4 is 20.1 Å². The minimum absolute atomic E-state index is 0.121. The average molecular weight is 445 g/mol. The van der Waals surface area contributed by atoms with Crippen LogP contribution in [-0.2, 0) is 9.59 Å². The second kappa shape index (κ2) is 11.1. The largest absolute Gasteiger partial charge is 0.495 e. The SMILES string of the molecule is COc1ccccc1NC(=O)COc1ccc(/C=C(\C#N)C(=O)Nc2ccc(F)cc2)cc1. The highest BCUT2D eigenvalue weighted by Crippen LogP contribution is 2.23. The van der Waals surface area contributed by atoms with Gasteiger partial charge in [0, 0.05) is 5.69 Å². The number of carbonyl (C=O) groups is 2. The molecule has 7 nitrogen and oxygen atoms in total. The molecule has 166 valence electrons. The van der Waals surface area contributed by atoms with Crippen molar-refractivity contribution in [2.75, 3.05) is 24.4 Å². The van der Waals surface area contributed by atoms with Gasteiger partial charge in [-0.25, -0.2) is 4.39 Å². The van der Waals surface area contributed by atoms with Gasteiger partial charge in [-0.1, -0.05) is 24.3 Å². The van der Waals surface area contributed by atoms with Crippen molar-refractivity contribution in [1.29, 1.82) is 5.26 Å². The zero-order valence-electron chi connectivity index (χ0n) is 17.7. The zero-order valence-corrected chi connectivity index (χ0v) is 17.7. The van der Waals surface area contributed by atoms with Crippen molar-refractivity contribution in [2.24, 2.45) is 0 Å². The third-order valence-corrected chi connectivity index (χ3v) is 4.41. The van der Waals surface area contributed by atoms with E-state index in [9.17, 15) is 19.2 Å². The Morgan fingerprint density at radius 2 is 1.70 bits per heavy atom. The molecule has 3 rings (SSSR count). The lowest BCUT2D eigenvalue weighted by Crippen LogP contribution is -2.20. The summed E-state index contributed by atoms with van der Waals surface area (Å²) in [6.07, 6.45) is 1.41. The summed E-state index contributed by atoms with van der Waals surface area (Å²) in [6.45, 7) is -0.212. The van der Waals surface area contributed by atoms with Crippen molar-refractivity contribution in [2.45, 2.75) is 0 Å². The molecule has 0 aliphatic rings. The number of anilines is 2. The van der Waals surface area contributed by atoms with Crippen LogP contribution in [0.25, 0.3) is 6.08 Å². The van der Waals surface area contributed by atoms with Gasteiger partial charge in [-0.05, 0) is 60.2 Å². The number of methoxy groups -OCH3 is 1. The third kappa shape index (κ3) is 6.67. The number of ether oxygens (including phenoxy) is 2. The topological polar surface area (TPSA) is 100 Å². The molecule has 0 atom stereocenters. The Kier molecular flexibility index (Phi) is 7.76. The van der Waals surface area contributed by atoms with Gasteiger partial charge in [-0.15, -0.1) is 0 Å². The molecule has 0 saturated carbocycles. The molecule has 3 aromatic carbocycles. The number of para-hydroxylation sites is 2. The van der Waals surface area contributed by atoms with Crippen LogP contribution in [0.5, 0.6) is 11.5 Å². The number of rotatable bonds is 8. The number of nitrogens with one attached hydrogen (secondary N) is 2. The van der Waals surface area contributed by atoms with E-state index in [1.165, 1.54) is 37.5 Å². The molecule has 0 fully saturated rings. The summed E-state index contributed by atoms with van der Waals surface area (Å²) in [5.41, 5.74) is 1.38. The molecule has 33 heavy (non-hydrogen) atoms. The molecule has 0 heterocycles. The molecule has 0 radical (unpaired) electrons. The van der Waals surface area contributed by atoms with E-state index in [0.29, 0.717) is 28.4 Å². The van der Waals surface area contributed by atoms with E-state index in [0.717, 1.165) is 0 Å². The molecule has 3 aromatic rings. The normalized spacial score (nSPS) is 10.6. The Morgan fingerprint density at radius 1 is 1.00 bits per heavy atom. The Labute approximate surface area is 190 Å². The Hall–Kier alpha value is -4.64. The van der Waals surface area contributed by atoms with Crippen molar-refractivity contribution in [3.05, 3.63) is 89.8 Å². The zero-order chi connectivity index (χ0) is 23.6. The highest BCUT2D eigenvalue weighted by molar-refractivity contribution is 6.09. The van der Waals surface area contributed by atoms with Crippen molar-refractivity contribution >= 4 is 29.3 Å². The Morgan fingerprint density at radius 3 is 2.36 bits per heavy atom. The fourth-order valence-electron chi connectivity index (χ4n) is 2.79. The number of amides is 2. The van der Waals surface area contributed by atoms with Gasteiger partial charge in [0.1, 0.15) is 29.0 Å². The first-order valence-electron chi connectivity index (χ1n) is 9.83. The standard InChI is InChI=1S/C25H20FN3O4/c1-32-23-5-3-2-4-22(23)29-24(30)16-33-21-12-6-17(7-13-21)14-18(15-27)25(31)28-20-10-8-19(26)9-11-20/h2-14H,16H2,1H3,(H,28,31)(H,29,30)/b18-14+. The molecule has 0 aliphatic heterocycles. The van der Waals surface area contributed by atoms with E-state index in [2.05, 4.69) is 10.6 Å². The summed E-state index contributed by atoms with van der Waals surface area (Å²) in [4.78, 5) is 24.4. The van der Waals surface area contributed by atoms with Crippen molar-refractivity contribution < 1.29 is 23.5 Å². The van der Waals surface area contributed by atoms with Crippen LogP contribution in [0.15, 0.2) is 78.4 Å². The lowest BCUT2D eigenvalue weighted by Gasteiger charge is -2.10. The lowest BCUT2D eigenvalue weighted by molar-refractivity contribution is -0.118. The molecule has 0 saturated heterocycles. The maximum absolute atomic E-state index is 13.0. The maximum Gasteiger partial charge on any atom is 0.266 e. The predicted molar refractivity (Wildman–Crippen MR) is 122 cm³/mol. The van der Waals surface area contributed by atoms with Crippen LogP contribution in [0.4, 0.5) is 15.8 Å². The van der Waals surface area contributed by atoms with E-state index < -0.39 is 11.7 Å². The Bertz CT molecular complexity index is 1200. The minimum atomic E-state index is -0.613. The third-order valence-electron chi connectivity index (χ3n) is 4.41. The van der Waals surface area contributed by atoms with Gasteiger partial charge in [-0.2, -0.15) is 5.26 Å². The van der Waals surface area contributed by atoms with Crippen molar-refractivity contribution in [3.63, 3.8) is 0 Å². The summed E-state index contributed by atoms with van der Waals surface area (Å²) >= 11 is 0. The number of benzene rings is 3. The number of hydrogen-bond acceptors (Lipinski definition) is 5. The van der Waals surface area contributed by atoms with Gasteiger partial charge in [-0.3, -0.25) is 9.59 Å². The molecule has 2 amide bonds. The molecule has 2 N–H and O–H groups in total. The number of nitrogens with zero attached hydrogens (tertiary/aromatic N) is 1. The van der Waals surface area contributed by atoms with Gasteiger partial charge in [0.2, 0.25) is 0 Å². The molecule has 0 spiro atoms. The minimum Gasteiger partial charge on any atom is -0.495 e.